The fraction of sp³-hybridized carbons (Fsp3) is 0. The van der Waals surface area contributed by atoms with Gasteiger partial charge in [0.2, 0.25) is 0 Å². The van der Waals surface area contributed by atoms with Gasteiger partial charge in [-0.25, -0.2) is 0 Å². The summed E-state index contributed by atoms with van der Waals surface area (Å²) in [5, 5.41) is 2.62. The molecule has 0 amide bonds. The van der Waals surface area contributed by atoms with Gasteiger partial charge < -0.3 is 5.48 Å². The lowest BCUT2D eigenvalue weighted by Gasteiger charge is -1.92. The van der Waals surface area contributed by atoms with Crippen molar-refractivity contribution in [2.24, 2.45) is 0 Å². The summed E-state index contributed by atoms with van der Waals surface area (Å²) in [6.45, 7) is 0. The largest absolute Gasteiger partial charge is 0.412 e. The van der Waals surface area contributed by atoms with Gasteiger partial charge in [0.25, 0.3) is 0 Å². The van der Waals surface area contributed by atoms with Crippen LogP contribution in [-0.2, 0) is 0 Å². The zero-order valence-electron chi connectivity index (χ0n) is 9.45. The van der Waals surface area contributed by atoms with E-state index < -0.39 is 0 Å². The number of nitrogens with zero attached hydrogens (tertiary/aromatic N) is 1. The number of fused-ring (bicyclic) bond motifs is 1. The second-order valence-corrected chi connectivity index (χ2v) is 3.37. The van der Waals surface area contributed by atoms with Crippen molar-refractivity contribution >= 4 is 10.8 Å². The van der Waals surface area contributed by atoms with Gasteiger partial charge in [0.15, 0.2) is 0 Å². The molecule has 0 aliphatic carbocycles. The molecule has 0 saturated carbocycles. The van der Waals surface area contributed by atoms with Crippen molar-refractivity contribution in [1.82, 2.24) is 4.98 Å². The van der Waals surface area contributed by atoms with Crippen LogP contribution in [0, 0.1) is 0 Å². The maximum absolute atomic E-state index is 3.78. The average Bonchev–Trinajstić information content (AvgIpc) is 2.42. The van der Waals surface area contributed by atoms with Crippen LogP contribution in [0.1, 0.15) is 0 Å². The Labute approximate surface area is 101 Å². The van der Waals surface area contributed by atoms with E-state index in [1.807, 2.05) is 18.2 Å². The van der Waals surface area contributed by atoms with Crippen LogP contribution in [0.4, 0.5) is 0 Å². The first-order valence-electron chi connectivity index (χ1n) is 5.25. The summed E-state index contributed by atoms with van der Waals surface area (Å²) in [6, 6.07) is 22.4. The number of rotatable bonds is 0. The van der Waals surface area contributed by atoms with E-state index >= 15 is 0 Å². The van der Waals surface area contributed by atoms with E-state index in [1.54, 1.807) is 12.4 Å². The minimum atomic E-state index is 0. The first-order valence-corrected chi connectivity index (χ1v) is 5.25. The molecule has 0 atom stereocenters. The fourth-order valence-corrected chi connectivity index (χ4v) is 1.45. The standard InChI is InChI=1S/C10H8.C5H5N.H2O/c1-2-6-10-8-4-3-7-9(10)5-1;1-2-4-6-5-3-1;/h1-8H;1-5H;1H2. The normalized spacial score (nSPS) is 8.71. The molecule has 1 aromatic heterocycles. The Hall–Kier alpha value is -2.19. The molecule has 17 heavy (non-hydrogen) atoms. The van der Waals surface area contributed by atoms with Crippen LogP contribution in [0.2, 0.25) is 0 Å². The summed E-state index contributed by atoms with van der Waals surface area (Å²) in [5.41, 5.74) is 0. The maximum atomic E-state index is 3.78. The Morgan fingerprint density at radius 3 is 1.18 bits per heavy atom. The van der Waals surface area contributed by atoms with Gasteiger partial charge in [0, 0.05) is 12.4 Å². The molecule has 2 aromatic carbocycles. The topological polar surface area (TPSA) is 44.4 Å². The number of hydrogen-bond donors (Lipinski definition) is 0. The Morgan fingerprint density at radius 1 is 0.529 bits per heavy atom. The Kier molecular flexibility index (Phi) is 5.41. The molecule has 2 N–H and O–H groups in total. The number of pyridine rings is 1. The van der Waals surface area contributed by atoms with Crippen molar-refractivity contribution < 1.29 is 5.48 Å². The van der Waals surface area contributed by atoms with Gasteiger partial charge in [0.05, 0.1) is 0 Å². The van der Waals surface area contributed by atoms with Gasteiger partial charge >= 0.3 is 0 Å². The zero-order chi connectivity index (χ0) is 11.1. The monoisotopic (exact) mass is 225 g/mol. The second kappa shape index (κ2) is 7.14. The summed E-state index contributed by atoms with van der Waals surface area (Å²) in [7, 11) is 0. The van der Waals surface area contributed by atoms with Gasteiger partial charge in [-0.1, -0.05) is 54.6 Å². The zero-order valence-corrected chi connectivity index (χ0v) is 9.45. The Morgan fingerprint density at radius 2 is 0.941 bits per heavy atom. The molecule has 2 nitrogen and oxygen atoms in total. The van der Waals surface area contributed by atoms with Crippen LogP contribution in [0.15, 0.2) is 79.1 Å². The molecule has 3 aromatic rings. The van der Waals surface area contributed by atoms with Gasteiger partial charge in [0.1, 0.15) is 0 Å². The first-order chi connectivity index (χ1) is 7.97. The van der Waals surface area contributed by atoms with Crippen molar-refractivity contribution in [2.45, 2.75) is 0 Å². The van der Waals surface area contributed by atoms with Crippen LogP contribution >= 0.6 is 0 Å². The van der Waals surface area contributed by atoms with Crippen molar-refractivity contribution in [1.29, 1.82) is 0 Å². The van der Waals surface area contributed by atoms with E-state index in [2.05, 4.69) is 53.5 Å². The van der Waals surface area contributed by atoms with Crippen molar-refractivity contribution in [3.8, 4) is 0 Å². The highest BCUT2D eigenvalue weighted by atomic mass is 16.0. The fourth-order valence-electron chi connectivity index (χ4n) is 1.45. The minimum Gasteiger partial charge on any atom is -0.412 e. The minimum absolute atomic E-state index is 0. The van der Waals surface area contributed by atoms with E-state index in [4.69, 9.17) is 0 Å². The number of aromatic nitrogens is 1. The van der Waals surface area contributed by atoms with Crippen LogP contribution in [0.3, 0.4) is 0 Å². The number of hydrogen-bond acceptors (Lipinski definition) is 1. The Balaban J connectivity index is 0.000000180. The van der Waals surface area contributed by atoms with E-state index in [0.29, 0.717) is 0 Å². The van der Waals surface area contributed by atoms with Crippen molar-refractivity contribution in [2.75, 3.05) is 0 Å². The van der Waals surface area contributed by atoms with Crippen molar-refractivity contribution in [3.05, 3.63) is 79.1 Å². The van der Waals surface area contributed by atoms with Crippen LogP contribution in [0.5, 0.6) is 0 Å². The highest BCUT2D eigenvalue weighted by Crippen LogP contribution is 2.11. The molecule has 0 fully saturated rings. The summed E-state index contributed by atoms with van der Waals surface area (Å²) < 4.78 is 0. The third-order valence-electron chi connectivity index (χ3n) is 2.23. The van der Waals surface area contributed by atoms with Gasteiger partial charge in [-0.05, 0) is 22.9 Å². The Bertz CT molecular complexity index is 445. The quantitative estimate of drug-likeness (QED) is 0.579. The molecule has 0 unspecified atom stereocenters. The molecule has 0 radical (unpaired) electrons. The summed E-state index contributed by atoms with van der Waals surface area (Å²) in [4.78, 5) is 3.78. The molecule has 3 rings (SSSR count). The highest BCUT2D eigenvalue weighted by molar-refractivity contribution is 5.81. The van der Waals surface area contributed by atoms with Crippen LogP contribution < -0.4 is 0 Å². The lowest BCUT2D eigenvalue weighted by Crippen LogP contribution is -1.67. The summed E-state index contributed by atoms with van der Waals surface area (Å²) in [6.07, 6.45) is 3.50. The average molecular weight is 225 g/mol. The molecule has 0 aliphatic rings. The molecular weight excluding hydrogens is 210 g/mol. The van der Waals surface area contributed by atoms with E-state index in [1.165, 1.54) is 10.8 Å². The molecule has 0 spiro atoms. The van der Waals surface area contributed by atoms with E-state index in [-0.39, 0.29) is 5.48 Å². The van der Waals surface area contributed by atoms with Crippen LogP contribution in [-0.4, -0.2) is 10.5 Å². The molecule has 0 aliphatic heterocycles. The summed E-state index contributed by atoms with van der Waals surface area (Å²) in [5.74, 6) is 0. The molecule has 0 bridgehead atoms. The molecular formula is C15H15NO. The number of benzene rings is 2. The smallest absolute Gasteiger partial charge is 0.0267 e. The van der Waals surface area contributed by atoms with Crippen molar-refractivity contribution in [3.63, 3.8) is 0 Å². The van der Waals surface area contributed by atoms with E-state index in [9.17, 15) is 0 Å². The van der Waals surface area contributed by atoms with Gasteiger partial charge in [-0.3, -0.25) is 4.98 Å². The predicted molar refractivity (Wildman–Crippen MR) is 71.8 cm³/mol. The SMILES string of the molecule is O.c1ccc2ccccc2c1.c1ccncc1. The first kappa shape index (κ1) is 12.9. The molecule has 1 heterocycles. The van der Waals surface area contributed by atoms with E-state index in [0.717, 1.165) is 0 Å². The third kappa shape index (κ3) is 4.05. The van der Waals surface area contributed by atoms with Gasteiger partial charge in [-0.2, -0.15) is 0 Å². The third-order valence-corrected chi connectivity index (χ3v) is 2.23. The van der Waals surface area contributed by atoms with Gasteiger partial charge in [-0.15, -0.1) is 0 Å². The maximum Gasteiger partial charge on any atom is 0.0267 e. The summed E-state index contributed by atoms with van der Waals surface area (Å²) >= 11 is 0. The lowest BCUT2D eigenvalue weighted by atomic mass is 10.1. The van der Waals surface area contributed by atoms with Crippen LogP contribution in [0.25, 0.3) is 10.8 Å². The predicted octanol–water partition coefficient (Wildman–Crippen LogP) is 3.10. The molecule has 86 valence electrons. The second-order valence-electron chi connectivity index (χ2n) is 3.37. The molecule has 0 saturated heterocycles. The molecule has 2 heteroatoms. The highest BCUT2D eigenvalue weighted by Gasteiger charge is 1.85. The lowest BCUT2D eigenvalue weighted by molar-refractivity contribution is 0.824.